The van der Waals surface area contributed by atoms with Crippen LogP contribution in [0.5, 0.6) is 5.75 Å². The van der Waals surface area contributed by atoms with Crippen LogP contribution in [0.4, 0.5) is 18.9 Å². The fraction of sp³-hybridized carbons (Fsp3) is 0.0741. The number of para-hydroxylation sites is 1. The van der Waals surface area contributed by atoms with Gasteiger partial charge in [-0.3, -0.25) is 4.79 Å². The molecule has 2 aromatic heterocycles. The molecule has 0 spiro atoms. The highest BCUT2D eigenvalue weighted by Crippen LogP contribution is 2.31. The first-order valence-corrected chi connectivity index (χ1v) is 11.2. The Morgan fingerprint density at radius 1 is 0.919 bits per heavy atom. The molecule has 7 nitrogen and oxygen atoms in total. The number of amides is 1. The number of rotatable bonds is 6. The molecule has 37 heavy (non-hydrogen) atoms. The zero-order chi connectivity index (χ0) is 26.1. The number of pyridine rings is 1. The molecule has 0 saturated carbocycles. The summed E-state index contributed by atoms with van der Waals surface area (Å²) in [6, 6.07) is 19.0. The fourth-order valence-electron chi connectivity index (χ4n) is 3.84. The lowest BCUT2D eigenvalue weighted by molar-refractivity contribution is 0.101. The number of hydrogen-bond acceptors (Lipinski definition) is 4. The van der Waals surface area contributed by atoms with Gasteiger partial charge in [-0.05, 0) is 42.8 Å². The molecule has 1 atom stereocenters. The normalized spacial score (nSPS) is 11.9. The van der Waals surface area contributed by atoms with E-state index in [9.17, 15) is 18.4 Å². The largest absolute Gasteiger partial charge is 0.485 e. The summed E-state index contributed by atoms with van der Waals surface area (Å²) in [6.07, 6.45) is 0.882. The van der Waals surface area contributed by atoms with E-state index in [0.717, 1.165) is 40.6 Å². The molecule has 1 unspecified atom stereocenters. The number of aromatic nitrogens is 3. The Hall–Kier alpha value is -4.86. The van der Waals surface area contributed by atoms with Crippen molar-refractivity contribution in [2.75, 3.05) is 5.32 Å². The van der Waals surface area contributed by atoms with Crippen molar-refractivity contribution in [2.45, 2.75) is 13.0 Å². The molecule has 0 radical (unpaired) electrons. The molecular weight excluding hydrogens is 485 g/mol. The Bertz CT molecular complexity index is 1660. The number of carbonyl (C=O) groups is 1. The first kappa shape index (κ1) is 23.9. The number of benzene rings is 3. The molecule has 2 heterocycles. The molecule has 0 aliphatic heterocycles. The molecule has 5 rings (SSSR count). The summed E-state index contributed by atoms with van der Waals surface area (Å²) in [5.41, 5.74) is -0.882. The van der Waals surface area contributed by atoms with Gasteiger partial charge in [0, 0.05) is 12.3 Å². The average molecular weight is 504 g/mol. The predicted molar refractivity (Wildman–Crippen MR) is 131 cm³/mol. The number of nitrogens with zero attached hydrogens (tertiary/aromatic N) is 3. The van der Waals surface area contributed by atoms with Crippen molar-refractivity contribution in [3.05, 3.63) is 124 Å². The van der Waals surface area contributed by atoms with Crippen molar-refractivity contribution in [3.63, 3.8) is 0 Å². The lowest BCUT2D eigenvalue weighted by Crippen LogP contribution is -2.22. The van der Waals surface area contributed by atoms with Crippen LogP contribution in [0.15, 0.2) is 89.9 Å². The van der Waals surface area contributed by atoms with Gasteiger partial charge in [-0.15, -0.1) is 5.10 Å². The number of hydrogen-bond donors (Lipinski definition) is 1. The molecule has 0 saturated heterocycles. The van der Waals surface area contributed by atoms with Crippen LogP contribution in [-0.2, 0) is 0 Å². The summed E-state index contributed by atoms with van der Waals surface area (Å²) in [5.74, 6) is -4.09. The van der Waals surface area contributed by atoms with Crippen LogP contribution >= 0.6 is 0 Å². The Balaban J connectivity index is 1.62. The molecule has 1 N–H and O–H groups in total. The maximum Gasteiger partial charge on any atom is 0.355 e. The van der Waals surface area contributed by atoms with Crippen LogP contribution in [0.1, 0.15) is 28.9 Å². The minimum absolute atomic E-state index is 0.119. The standard InChI is InChI=1S/C27H19F3N4O3/c1-16(17-8-3-2-4-9-17)37-23-15-22(34-27(36)33-13-6-5-12-24(33)32-34)21(30)14-18(23)26(35)31-25-19(28)10-7-11-20(25)29/h2-16H,1H3,(H,31,35). The highest BCUT2D eigenvalue weighted by molar-refractivity contribution is 6.06. The highest BCUT2D eigenvalue weighted by Gasteiger charge is 2.24. The van der Waals surface area contributed by atoms with Gasteiger partial charge >= 0.3 is 5.69 Å². The molecule has 0 bridgehead atoms. The van der Waals surface area contributed by atoms with E-state index in [1.807, 2.05) is 6.07 Å². The second kappa shape index (κ2) is 9.65. The Kier molecular flexibility index (Phi) is 6.22. The average Bonchev–Trinajstić information content (AvgIpc) is 3.23. The fourth-order valence-corrected chi connectivity index (χ4v) is 3.84. The molecule has 186 valence electrons. The van der Waals surface area contributed by atoms with E-state index in [-0.39, 0.29) is 22.6 Å². The van der Waals surface area contributed by atoms with E-state index >= 15 is 4.39 Å². The van der Waals surface area contributed by atoms with Gasteiger partial charge in [0.15, 0.2) is 5.65 Å². The molecule has 3 aromatic carbocycles. The van der Waals surface area contributed by atoms with E-state index in [1.165, 1.54) is 10.6 Å². The minimum Gasteiger partial charge on any atom is -0.485 e. The van der Waals surface area contributed by atoms with Gasteiger partial charge in [0.05, 0.1) is 5.56 Å². The summed E-state index contributed by atoms with van der Waals surface area (Å²) in [4.78, 5) is 26.0. The molecule has 5 aromatic rings. The minimum atomic E-state index is -1.01. The molecule has 0 aliphatic carbocycles. The monoisotopic (exact) mass is 504 g/mol. The lowest BCUT2D eigenvalue weighted by Gasteiger charge is -2.19. The Morgan fingerprint density at radius 2 is 1.62 bits per heavy atom. The van der Waals surface area contributed by atoms with Gasteiger partial charge in [-0.1, -0.05) is 42.5 Å². The summed E-state index contributed by atoms with van der Waals surface area (Å²) in [5, 5.41) is 6.30. The van der Waals surface area contributed by atoms with E-state index in [4.69, 9.17) is 4.74 Å². The first-order valence-electron chi connectivity index (χ1n) is 11.2. The van der Waals surface area contributed by atoms with Crippen molar-refractivity contribution in [2.24, 2.45) is 0 Å². The number of anilines is 1. The topological polar surface area (TPSA) is 77.6 Å². The summed E-state index contributed by atoms with van der Waals surface area (Å²) >= 11 is 0. The van der Waals surface area contributed by atoms with E-state index < -0.39 is 40.8 Å². The van der Waals surface area contributed by atoms with Crippen molar-refractivity contribution in [1.82, 2.24) is 14.2 Å². The van der Waals surface area contributed by atoms with Gasteiger partial charge in [0.2, 0.25) is 0 Å². The maximum absolute atomic E-state index is 15.3. The van der Waals surface area contributed by atoms with Crippen LogP contribution in [0, 0.1) is 17.5 Å². The van der Waals surface area contributed by atoms with E-state index in [1.54, 1.807) is 49.4 Å². The zero-order valence-electron chi connectivity index (χ0n) is 19.4. The van der Waals surface area contributed by atoms with E-state index in [0.29, 0.717) is 0 Å². The number of carbonyl (C=O) groups excluding carboxylic acids is 1. The van der Waals surface area contributed by atoms with Crippen LogP contribution in [0.2, 0.25) is 0 Å². The van der Waals surface area contributed by atoms with Gasteiger partial charge in [-0.2, -0.15) is 4.68 Å². The second-order valence-corrected chi connectivity index (χ2v) is 8.14. The van der Waals surface area contributed by atoms with Crippen LogP contribution < -0.4 is 15.7 Å². The third-order valence-electron chi connectivity index (χ3n) is 5.72. The zero-order valence-corrected chi connectivity index (χ0v) is 19.4. The lowest BCUT2D eigenvalue weighted by atomic mass is 10.1. The SMILES string of the molecule is CC(Oc1cc(-n2nc3ccccn3c2=O)c(F)cc1C(=O)Nc1c(F)cccc1F)c1ccccc1. The molecule has 1 amide bonds. The number of halogens is 3. The quantitative estimate of drug-likeness (QED) is 0.341. The molecule has 10 heteroatoms. The van der Waals surface area contributed by atoms with Crippen molar-refractivity contribution in [3.8, 4) is 11.4 Å². The van der Waals surface area contributed by atoms with Crippen LogP contribution in [-0.4, -0.2) is 20.1 Å². The van der Waals surface area contributed by atoms with Gasteiger partial charge < -0.3 is 10.1 Å². The number of fused-ring (bicyclic) bond motifs is 1. The van der Waals surface area contributed by atoms with Crippen LogP contribution in [0.3, 0.4) is 0 Å². The number of nitrogens with one attached hydrogen (secondary N) is 1. The third-order valence-corrected chi connectivity index (χ3v) is 5.72. The summed E-state index contributed by atoms with van der Waals surface area (Å²) in [7, 11) is 0. The maximum atomic E-state index is 15.3. The van der Waals surface area contributed by atoms with Gasteiger partial charge in [0.1, 0.15) is 40.7 Å². The predicted octanol–water partition coefficient (Wildman–Crippen LogP) is 5.29. The summed E-state index contributed by atoms with van der Waals surface area (Å²) in [6.45, 7) is 1.72. The first-order chi connectivity index (χ1) is 17.8. The number of ether oxygens (including phenoxy) is 1. The van der Waals surface area contributed by atoms with Gasteiger partial charge in [0.25, 0.3) is 5.91 Å². The molecule has 0 aliphatic rings. The Labute approximate surface area is 208 Å². The van der Waals surface area contributed by atoms with Crippen molar-refractivity contribution >= 4 is 17.2 Å². The van der Waals surface area contributed by atoms with Crippen molar-refractivity contribution < 1.29 is 22.7 Å². The summed E-state index contributed by atoms with van der Waals surface area (Å²) < 4.78 is 51.8. The Morgan fingerprint density at radius 3 is 2.32 bits per heavy atom. The van der Waals surface area contributed by atoms with Crippen molar-refractivity contribution in [1.29, 1.82) is 0 Å². The third kappa shape index (κ3) is 4.56. The molecular formula is C27H19F3N4O3. The van der Waals surface area contributed by atoms with Crippen LogP contribution in [0.25, 0.3) is 11.3 Å². The van der Waals surface area contributed by atoms with Gasteiger partial charge in [-0.25, -0.2) is 22.4 Å². The smallest absolute Gasteiger partial charge is 0.355 e. The highest BCUT2D eigenvalue weighted by atomic mass is 19.1. The second-order valence-electron chi connectivity index (χ2n) is 8.14. The molecule has 0 fully saturated rings. The van der Waals surface area contributed by atoms with E-state index in [2.05, 4.69) is 10.4 Å².